The van der Waals surface area contributed by atoms with E-state index in [-0.39, 0.29) is 24.0 Å². The molecule has 0 rings (SSSR count). The summed E-state index contributed by atoms with van der Waals surface area (Å²) in [5.41, 5.74) is -0.415. The summed E-state index contributed by atoms with van der Waals surface area (Å²) in [6.45, 7) is 34.9. The first-order chi connectivity index (χ1) is 22.2. The fourth-order valence-electron chi connectivity index (χ4n) is 4.99. The largest absolute Gasteiger partial charge is 0.396 e. The lowest BCUT2D eigenvalue weighted by Crippen LogP contribution is -2.53. The molecule has 0 aliphatic rings. The van der Waals surface area contributed by atoms with E-state index in [0.29, 0.717) is 57.7 Å². The van der Waals surface area contributed by atoms with Crippen molar-refractivity contribution >= 4 is 0 Å². The third-order valence-electron chi connectivity index (χ3n) is 9.21. The van der Waals surface area contributed by atoms with Gasteiger partial charge in [-0.1, -0.05) is 82.6 Å². The predicted molar refractivity (Wildman–Crippen MR) is 198 cm³/mol. The Kier molecular flexibility index (Phi) is 23.1. The molecule has 0 aromatic heterocycles. The number of aliphatic hydroxyl groups excluding tert-OH is 1. The Hall–Kier alpha value is -0.320. The maximum absolute atomic E-state index is 9.35. The van der Waals surface area contributed by atoms with Crippen molar-refractivity contribution in [3.8, 4) is 0 Å². The summed E-state index contributed by atoms with van der Waals surface area (Å²) in [6, 6.07) is 0. The van der Waals surface area contributed by atoms with Crippen LogP contribution < -0.4 is 0 Å². The first-order valence-electron chi connectivity index (χ1n) is 19.4. The average molecular weight is 691 g/mol. The lowest BCUT2D eigenvalue weighted by molar-refractivity contribution is -0.424. The van der Waals surface area contributed by atoms with Crippen LogP contribution in [0.1, 0.15) is 168 Å². The Balaban J connectivity index is 6.70. The van der Waals surface area contributed by atoms with Crippen LogP contribution in [-0.2, 0) is 33.2 Å². The Labute approximate surface area is 298 Å². The van der Waals surface area contributed by atoms with Crippen LogP contribution in [0, 0.1) is 23.2 Å². The zero-order valence-electron chi connectivity index (χ0n) is 34.4. The Morgan fingerprint density at radius 1 is 0.667 bits per heavy atom. The summed E-state index contributed by atoms with van der Waals surface area (Å²) in [4.78, 5) is 0. The highest BCUT2D eigenvalue weighted by molar-refractivity contribution is 4.81. The Morgan fingerprint density at radius 2 is 1.31 bits per heavy atom. The minimum Gasteiger partial charge on any atom is -0.396 e. The molecule has 0 spiro atoms. The topological polar surface area (TPSA) is 84.8 Å². The van der Waals surface area contributed by atoms with Crippen molar-refractivity contribution in [3.05, 3.63) is 0 Å². The Morgan fingerprint density at radius 3 is 1.83 bits per heavy atom. The van der Waals surface area contributed by atoms with Gasteiger partial charge in [-0.15, -0.1) is 0 Å². The number of ether oxygens (including phenoxy) is 7. The zero-order chi connectivity index (χ0) is 37.1. The summed E-state index contributed by atoms with van der Waals surface area (Å²) in [6.07, 6.45) is 7.77. The second-order valence-electron chi connectivity index (χ2n) is 16.7. The van der Waals surface area contributed by atoms with Crippen molar-refractivity contribution in [2.24, 2.45) is 23.2 Å². The van der Waals surface area contributed by atoms with Gasteiger partial charge in [0, 0.05) is 25.4 Å². The molecule has 1 N–H and O–H groups in total. The van der Waals surface area contributed by atoms with Gasteiger partial charge in [0.1, 0.15) is 0 Å². The molecule has 0 aliphatic heterocycles. The molecule has 5 atom stereocenters. The van der Waals surface area contributed by atoms with Gasteiger partial charge in [-0.3, -0.25) is 0 Å². The van der Waals surface area contributed by atoms with Crippen LogP contribution in [0.15, 0.2) is 0 Å². The lowest BCUT2D eigenvalue weighted by Gasteiger charge is -2.46. The molecule has 0 aromatic carbocycles. The van der Waals surface area contributed by atoms with Crippen molar-refractivity contribution in [1.29, 1.82) is 0 Å². The minimum absolute atomic E-state index is 0.0277. The van der Waals surface area contributed by atoms with E-state index in [1.165, 1.54) is 0 Å². The van der Waals surface area contributed by atoms with Gasteiger partial charge in [-0.05, 0) is 89.9 Å². The van der Waals surface area contributed by atoms with Crippen LogP contribution in [0.4, 0.5) is 0 Å². The first kappa shape index (κ1) is 47.7. The van der Waals surface area contributed by atoms with Gasteiger partial charge >= 0.3 is 0 Å². The molecule has 8 nitrogen and oxygen atoms in total. The van der Waals surface area contributed by atoms with Crippen LogP contribution in [0.5, 0.6) is 0 Å². The molecule has 48 heavy (non-hydrogen) atoms. The molecule has 0 bridgehead atoms. The maximum Gasteiger partial charge on any atom is 0.283 e. The van der Waals surface area contributed by atoms with Crippen LogP contribution in [0.25, 0.3) is 0 Å². The number of hydrogen-bond donors (Lipinski definition) is 1. The highest BCUT2D eigenvalue weighted by Crippen LogP contribution is 2.39. The van der Waals surface area contributed by atoms with Crippen LogP contribution in [0.2, 0.25) is 0 Å². The molecule has 0 aliphatic carbocycles. The van der Waals surface area contributed by atoms with Gasteiger partial charge < -0.3 is 38.3 Å². The van der Waals surface area contributed by atoms with E-state index in [1.807, 2.05) is 13.8 Å². The number of aliphatic hydroxyl groups is 1. The number of rotatable bonds is 30. The number of unbranched alkanes of at least 4 members (excludes halogenated alkanes) is 2. The molecule has 0 aromatic rings. The second-order valence-corrected chi connectivity index (χ2v) is 16.7. The molecule has 0 heterocycles. The van der Waals surface area contributed by atoms with E-state index >= 15 is 0 Å². The van der Waals surface area contributed by atoms with Crippen molar-refractivity contribution in [2.45, 2.75) is 197 Å². The number of hydrogen-bond acceptors (Lipinski definition) is 8. The van der Waals surface area contributed by atoms with Gasteiger partial charge in [-0.25, -0.2) is 0 Å². The van der Waals surface area contributed by atoms with E-state index in [0.717, 1.165) is 51.4 Å². The third kappa shape index (κ3) is 20.5. The van der Waals surface area contributed by atoms with E-state index < -0.39 is 23.1 Å². The normalized spacial score (nSPS) is 18.1. The van der Waals surface area contributed by atoms with E-state index in [2.05, 4.69) is 90.0 Å². The summed E-state index contributed by atoms with van der Waals surface area (Å²) >= 11 is 0. The highest BCUT2D eigenvalue weighted by Gasteiger charge is 2.47. The summed E-state index contributed by atoms with van der Waals surface area (Å²) in [5.74, 6) is -2.56. The van der Waals surface area contributed by atoms with Gasteiger partial charge in [-0.2, -0.15) is 0 Å². The highest BCUT2D eigenvalue weighted by atomic mass is 16.9. The molecule has 290 valence electrons. The second kappa shape index (κ2) is 23.3. The smallest absolute Gasteiger partial charge is 0.283 e. The third-order valence-corrected chi connectivity index (χ3v) is 9.21. The van der Waals surface area contributed by atoms with Crippen molar-refractivity contribution < 1.29 is 38.3 Å². The molecule has 0 radical (unpaired) electrons. The summed E-state index contributed by atoms with van der Waals surface area (Å²) < 4.78 is 47.0. The van der Waals surface area contributed by atoms with E-state index in [1.54, 1.807) is 0 Å². The fourth-order valence-corrected chi connectivity index (χ4v) is 4.99. The quantitative estimate of drug-likeness (QED) is 0.0589. The molecule has 0 fully saturated rings. The molecule has 8 heteroatoms. The standard InChI is InChI=1S/C40H82O8/c1-16-33(7)29-45-40(44-28-23-32(5)6,47-37(12,13)19-4)25-24-38(14,43-27-22-20-21-26-41)48-39(15,46-35(17-2)18-3)34(8)30-42-31-36(9,10)11/h32-35,41H,16-31H2,1-15H3. The van der Waals surface area contributed by atoms with E-state index in [4.69, 9.17) is 33.2 Å². The molecule has 0 saturated carbocycles. The fraction of sp³-hybridized carbons (Fsp3) is 1.00. The maximum atomic E-state index is 9.35. The van der Waals surface area contributed by atoms with Gasteiger partial charge in [0.15, 0.2) is 11.6 Å². The van der Waals surface area contributed by atoms with Crippen LogP contribution >= 0.6 is 0 Å². The van der Waals surface area contributed by atoms with Gasteiger partial charge in [0.05, 0.1) is 44.7 Å². The first-order valence-corrected chi connectivity index (χ1v) is 19.4. The van der Waals surface area contributed by atoms with E-state index in [9.17, 15) is 5.11 Å². The van der Waals surface area contributed by atoms with Crippen molar-refractivity contribution in [2.75, 3.05) is 39.6 Å². The lowest BCUT2D eigenvalue weighted by atomic mass is 9.98. The molecule has 0 saturated heterocycles. The Bertz CT molecular complexity index is 795. The molecular weight excluding hydrogens is 608 g/mol. The average Bonchev–Trinajstić information content (AvgIpc) is 3.00. The minimum atomic E-state index is -1.27. The zero-order valence-corrected chi connectivity index (χ0v) is 34.4. The van der Waals surface area contributed by atoms with Crippen LogP contribution in [0.3, 0.4) is 0 Å². The molecular formula is C40H82O8. The van der Waals surface area contributed by atoms with Gasteiger partial charge in [0.2, 0.25) is 0 Å². The van der Waals surface area contributed by atoms with Gasteiger partial charge in [0.25, 0.3) is 5.97 Å². The molecule has 0 amide bonds. The SMILES string of the molecule is CCC(C)COC(CCC(C)(OCCCCCO)OC(C)(OC(CC)CC)C(C)COCC(C)(C)C)(OCCC(C)C)OC(C)(C)CC. The summed E-state index contributed by atoms with van der Waals surface area (Å²) in [7, 11) is 0. The summed E-state index contributed by atoms with van der Waals surface area (Å²) in [5, 5.41) is 9.35. The van der Waals surface area contributed by atoms with Crippen molar-refractivity contribution in [3.63, 3.8) is 0 Å². The van der Waals surface area contributed by atoms with Crippen LogP contribution in [-0.4, -0.2) is 74.0 Å². The molecule has 5 unspecified atom stereocenters. The van der Waals surface area contributed by atoms with Crippen molar-refractivity contribution in [1.82, 2.24) is 0 Å². The monoisotopic (exact) mass is 691 g/mol. The predicted octanol–water partition coefficient (Wildman–Crippen LogP) is 10.3.